The summed E-state index contributed by atoms with van der Waals surface area (Å²) in [7, 11) is 3.87. The molecule has 2 aromatic carbocycles. The van der Waals surface area contributed by atoms with Crippen LogP contribution in [0.15, 0.2) is 45.6 Å². The molecule has 1 atom stereocenters. The van der Waals surface area contributed by atoms with Gasteiger partial charge in [-0.05, 0) is 50.8 Å². The standard InChI is InChI=1S/C22H20Cl2N2O3/c1-12-4-7-17-14(10-12)20(27)18-19(13-5-6-15(23)16(24)11-13)26(9-8-25(2)3)22(28)21(18)29-17/h4-7,10-11,19H,8-9H2,1-3H3. The molecule has 1 aromatic heterocycles. The molecule has 5 nitrogen and oxygen atoms in total. The summed E-state index contributed by atoms with van der Waals surface area (Å²) in [5, 5.41) is 1.26. The number of benzene rings is 2. The first-order chi connectivity index (χ1) is 13.8. The summed E-state index contributed by atoms with van der Waals surface area (Å²) >= 11 is 12.3. The van der Waals surface area contributed by atoms with Gasteiger partial charge in [-0.3, -0.25) is 9.59 Å². The van der Waals surface area contributed by atoms with Crippen molar-refractivity contribution < 1.29 is 9.21 Å². The van der Waals surface area contributed by atoms with Crippen molar-refractivity contribution in [2.75, 3.05) is 27.2 Å². The van der Waals surface area contributed by atoms with Gasteiger partial charge < -0.3 is 14.2 Å². The SMILES string of the molecule is Cc1ccc2oc3c(c(=O)c2c1)C(c1ccc(Cl)c(Cl)c1)N(CCN(C)C)C3=O. The van der Waals surface area contributed by atoms with Crippen LogP contribution in [0.2, 0.25) is 10.0 Å². The van der Waals surface area contributed by atoms with Crippen LogP contribution in [-0.2, 0) is 0 Å². The fourth-order valence-electron chi connectivity index (χ4n) is 3.70. The molecule has 1 amide bonds. The van der Waals surface area contributed by atoms with E-state index in [2.05, 4.69) is 0 Å². The highest BCUT2D eigenvalue weighted by atomic mass is 35.5. The van der Waals surface area contributed by atoms with Crippen molar-refractivity contribution in [2.45, 2.75) is 13.0 Å². The average molecular weight is 431 g/mol. The molecule has 0 aliphatic carbocycles. The summed E-state index contributed by atoms with van der Waals surface area (Å²) in [5.41, 5.74) is 2.25. The maximum absolute atomic E-state index is 13.4. The molecule has 0 bridgehead atoms. The molecule has 29 heavy (non-hydrogen) atoms. The summed E-state index contributed by atoms with van der Waals surface area (Å²) in [6.07, 6.45) is 0. The number of amides is 1. The van der Waals surface area contributed by atoms with Crippen LogP contribution >= 0.6 is 23.2 Å². The van der Waals surface area contributed by atoms with Gasteiger partial charge in [0.05, 0.1) is 27.0 Å². The molecule has 2 heterocycles. The lowest BCUT2D eigenvalue weighted by atomic mass is 9.98. The smallest absolute Gasteiger partial charge is 0.290 e. The molecule has 1 aliphatic rings. The lowest BCUT2D eigenvalue weighted by Crippen LogP contribution is -2.35. The molecule has 0 radical (unpaired) electrons. The van der Waals surface area contributed by atoms with Crippen LogP contribution in [0.25, 0.3) is 11.0 Å². The predicted octanol–water partition coefficient (Wildman–Crippen LogP) is 4.52. The summed E-state index contributed by atoms with van der Waals surface area (Å²) in [6, 6.07) is 9.99. The number of carbonyl (C=O) groups is 1. The lowest BCUT2D eigenvalue weighted by molar-refractivity contribution is 0.0716. The minimum Gasteiger partial charge on any atom is -0.450 e. The molecule has 0 saturated carbocycles. The average Bonchev–Trinajstić information content (AvgIpc) is 2.95. The Labute approximate surface area is 178 Å². The van der Waals surface area contributed by atoms with E-state index in [1.165, 1.54) is 0 Å². The van der Waals surface area contributed by atoms with Crippen LogP contribution in [0.1, 0.15) is 33.3 Å². The van der Waals surface area contributed by atoms with Gasteiger partial charge in [0.15, 0.2) is 5.43 Å². The number of likely N-dealkylation sites (N-methyl/N-ethyl adjacent to an activating group) is 1. The fraction of sp³-hybridized carbons (Fsp3) is 0.273. The van der Waals surface area contributed by atoms with Crippen molar-refractivity contribution in [1.29, 1.82) is 0 Å². The Hall–Kier alpha value is -2.34. The maximum Gasteiger partial charge on any atom is 0.290 e. The van der Waals surface area contributed by atoms with Crippen LogP contribution in [0.5, 0.6) is 0 Å². The zero-order valence-electron chi connectivity index (χ0n) is 16.3. The van der Waals surface area contributed by atoms with Gasteiger partial charge in [0, 0.05) is 13.1 Å². The fourth-order valence-corrected chi connectivity index (χ4v) is 4.01. The first-order valence-corrected chi connectivity index (χ1v) is 10.0. The van der Waals surface area contributed by atoms with E-state index in [9.17, 15) is 9.59 Å². The number of carbonyl (C=O) groups excluding carboxylic acids is 1. The van der Waals surface area contributed by atoms with E-state index in [0.717, 1.165) is 11.1 Å². The highest BCUT2D eigenvalue weighted by Gasteiger charge is 2.42. The third-order valence-corrected chi connectivity index (χ3v) is 5.91. The Morgan fingerprint density at radius 2 is 1.83 bits per heavy atom. The number of hydrogen-bond donors (Lipinski definition) is 0. The van der Waals surface area contributed by atoms with E-state index in [1.807, 2.05) is 32.0 Å². The highest BCUT2D eigenvalue weighted by molar-refractivity contribution is 6.42. The van der Waals surface area contributed by atoms with Crippen molar-refractivity contribution in [2.24, 2.45) is 0 Å². The van der Waals surface area contributed by atoms with E-state index >= 15 is 0 Å². The molecule has 1 unspecified atom stereocenters. The zero-order chi connectivity index (χ0) is 20.9. The van der Waals surface area contributed by atoms with Crippen LogP contribution in [0.3, 0.4) is 0 Å². The van der Waals surface area contributed by atoms with Crippen molar-refractivity contribution >= 4 is 40.1 Å². The number of hydrogen-bond acceptors (Lipinski definition) is 4. The quantitative estimate of drug-likeness (QED) is 0.610. The van der Waals surface area contributed by atoms with Gasteiger partial charge in [-0.25, -0.2) is 0 Å². The number of halogens is 2. The van der Waals surface area contributed by atoms with Gasteiger partial charge in [0.1, 0.15) is 5.58 Å². The summed E-state index contributed by atoms with van der Waals surface area (Å²) in [4.78, 5) is 30.3. The molecular weight excluding hydrogens is 411 g/mol. The van der Waals surface area contributed by atoms with Gasteiger partial charge in [0.25, 0.3) is 5.91 Å². The van der Waals surface area contributed by atoms with Crippen molar-refractivity contribution in [1.82, 2.24) is 9.80 Å². The molecule has 1 aliphatic heterocycles. The Morgan fingerprint density at radius 1 is 1.07 bits per heavy atom. The first kappa shape index (κ1) is 20.0. The number of aryl methyl sites for hydroxylation is 1. The topological polar surface area (TPSA) is 53.8 Å². The zero-order valence-corrected chi connectivity index (χ0v) is 17.8. The molecule has 0 saturated heterocycles. The van der Waals surface area contributed by atoms with Gasteiger partial charge in [0.2, 0.25) is 5.76 Å². The number of rotatable bonds is 4. The molecule has 0 spiro atoms. The van der Waals surface area contributed by atoms with Crippen molar-refractivity contribution in [3.63, 3.8) is 0 Å². The molecule has 7 heteroatoms. The minimum absolute atomic E-state index is 0.0983. The Balaban J connectivity index is 1.96. The molecule has 3 aromatic rings. The Morgan fingerprint density at radius 3 is 2.52 bits per heavy atom. The van der Waals surface area contributed by atoms with Crippen LogP contribution < -0.4 is 5.43 Å². The van der Waals surface area contributed by atoms with Gasteiger partial charge in [-0.15, -0.1) is 0 Å². The Bertz CT molecular complexity index is 1190. The van der Waals surface area contributed by atoms with E-state index in [4.69, 9.17) is 27.6 Å². The Kier molecular flexibility index (Phi) is 5.15. The van der Waals surface area contributed by atoms with Crippen LogP contribution in [-0.4, -0.2) is 42.9 Å². The van der Waals surface area contributed by atoms with Crippen LogP contribution in [0.4, 0.5) is 0 Å². The second kappa shape index (κ2) is 7.48. The molecular formula is C22H20Cl2N2O3. The monoisotopic (exact) mass is 430 g/mol. The third-order valence-electron chi connectivity index (χ3n) is 5.17. The maximum atomic E-state index is 13.4. The minimum atomic E-state index is -0.576. The van der Waals surface area contributed by atoms with Gasteiger partial charge in [-0.2, -0.15) is 0 Å². The van der Waals surface area contributed by atoms with Gasteiger partial charge >= 0.3 is 0 Å². The van der Waals surface area contributed by atoms with Crippen molar-refractivity contribution in [3.8, 4) is 0 Å². The third kappa shape index (κ3) is 3.44. The predicted molar refractivity (Wildman–Crippen MR) is 115 cm³/mol. The largest absolute Gasteiger partial charge is 0.450 e. The van der Waals surface area contributed by atoms with E-state index < -0.39 is 6.04 Å². The summed E-state index contributed by atoms with van der Waals surface area (Å²) < 4.78 is 5.93. The number of fused-ring (bicyclic) bond motifs is 2. The molecule has 0 fully saturated rings. The van der Waals surface area contributed by atoms with Crippen LogP contribution in [0, 0.1) is 6.92 Å². The van der Waals surface area contributed by atoms with Crippen molar-refractivity contribution in [3.05, 3.63) is 79.1 Å². The lowest BCUT2D eigenvalue weighted by Gasteiger charge is -2.26. The molecule has 4 rings (SSSR count). The second-order valence-electron chi connectivity index (χ2n) is 7.55. The summed E-state index contributed by atoms with van der Waals surface area (Å²) in [6.45, 7) is 3.00. The van der Waals surface area contributed by atoms with E-state index in [-0.39, 0.29) is 17.1 Å². The second-order valence-corrected chi connectivity index (χ2v) is 8.37. The summed E-state index contributed by atoms with van der Waals surface area (Å²) in [5.74, 6) is -0.196. The normalized spacial score (nSPS) is 16.1. The van der Waals surface area contributed by atoms with E-state index in [1.54, 1.807) is 35.2 Å². The highest BCUT2D eigenvalue weighted by Crippen LogP contribution is 2.39. The van der Waals surface area contributed by atoms with Gasteiger partial charge in [-0.1, -0.05) is 40.9 Å². The molecule has 150 valence electrons. The first-order valence-electron chi connectivity index (χ1n) is 9.26. The van der Waals surface area contributed by atoms with E-state index in [0.29, 0.717) is 39.7 Å². The molecule has 0 N–H and O–H groups in total. The number of nitrogens with zero attached hydrogens (tertiary/aromatic N) is 2.